The summed E-state index contributed by atoms with van der Waals surface area (Å²) >= 11 is 0. The molecule has 0 spiro atoms. The molecule has 0 N–H and O–H groups in total. The third-order valence-electron chi connectivity index (χ3n) is 2.51. The zero-order chi connectivity index (χ0) is 11.0. The second-order valence-electron chi connectivity index (χ2n) is 3.94. The summed E-state index contributed by atoms with van der Waals surface area (Å²) in [5.41, 5.74) is -0.0157. The van der Waals surface area contributed by atoms with E-state index in [0.29, 0.717) is 12.5 Å². The fourth-order valence-corrected chi connectivity index (χ4v) is 1.51. The van der Waals surface area contributed by atoms with Crippen LogP contribution in [0.15, 0.2) is 6.07 Å². The van der Waals surface area contributed by atoms with Crippen LogP contribution in [0.2, 0.25) is 0 Å². The van der Waals surface area contributed by atoms with Crippen LogP contribution in [0.4, 0.5) is 8.78 Å². The van der Waals surface area contributed by atoms with E-state index in [1.165, 1.54) is 17.7 Å². The van der Waals surface area contributed by atoms with Crippen LogP contribution in [0.5, 0.6) is 0 Å². The first kappa shape index (κ1) is 10.3. The molecule has 1 aromatic heterocycles. The van der Waals surface area contributed by atoms with Gasteiger partial charge in [0.05, 0.1) is 0 Å². The van der Waals surface area contributed by atoms with Crippen molar-refractivity contribution in [3.63, 3.8) is 0 Å². The van der Waals surface area contributed by atoms with Crippen LogP contribution >= 0.6 is 0 Å². The Morgan fingerprint density at radius 2 is 2.33 bits per heavy atom. The molecule has 1 aliphatic carbocycles. The molecule has 1 heterocycles. The second kappa shape index (κ2) is 3.72. The minimum absolute atomic E-state index is 0.213. The molecule has 1 saturated carbocycles. The summed E-state index contributed by atoms with van der Waals surface area (Å²) < 4.78 is 26.2. The van der Waals surface area contributed by atoms with E-state index in [1.54, 1.807) is 0 Å². The van der Waals surface area contributed by atoms with Crippen molar-refractivity contribution in [3.8, 4) is 0 Å². The number of aromatic nitrogens is 2. The van der Waals surface area contributed by atoms with E-state index in [4.69, 9.17) is 0 Å². The van der Waals surface area contributed by atoms with E-state index in [1.807, 2.05) is 0 Å². The van der Waals surface area contributed by atoms with Gasteiger partial charge in [0.2, 0.25) is 0 Å². The first-order valence-electron chi connectivity index (χ1n) is 4.94. The number of hydrogen-bond acceptors (Lipinski definition) is 2. The lowest BCUT2D eigenvalue weighted by atomic mass is 10.3. The van der Waals surface area contributed by atoms with Gasteiger partial charge in [-0.15, -0.1) is 0 Å². The van der Waals surface area contributed by atoms with Gasteiger partial charge < -0.3 is 0 Å². The summed E-state index contributed by atoms with van der Waals surface area (Å²) in [4.78, 5) is 11.2. The summed E-state index contributed by atoms with van der Waals surface area (Å²) in [6.45, 7) is 1.96. The molecule has 0 unspecified atom stereocenters. The predicted molar refractivity (Wildman–Crippen MR) is 49.9 cm³/mol. The Bertz CT molecular complexity index is 383. The number of hydrogen-bond donors (Lipinski definition) is 0. The van der Waals surface area contributed by atoms with Crippen LogP contribution in [0.1, 0.15) is 42.4 Å². The Balaban J connectivity index is 2.27. The largest absolute Gasteiger partial charge is 0.293 e. The van der Waals surface area contributed by atoms with Crippen molar-refractivity contribution in [2.75, 3.05) is 0 Å². The smallest absolute Gasteiger partial charge is 0.282 e. The summed E-state index contributed by atoms with van der Waals surface area (Å²) in [6, 6.07) is 1.19. The normalized spacial score (nSPS) is 16.0. The number of ketones is 1. The molecule has 15 heavy (non-hydrogen) atoms. The van der Waals surface area contributed by atoms with Crippen LogP contribution in [-0.2, 0) is 6.54 Å². The highest BCUT2D eigenvalue weighted by molar-refractivity contribution is 5.92. The summed E-state index contributed by atoms with van der Waals surface area (Å²) in [6.07, 6.45) is -0.411. The molecule has 1 fully saturated rings. The van der Waals surface area contributed by atoms with E-state index in [-0.39, 0.29) is 17.2 Å². The van der Waals surface area contributed by atoms with E-state index < -0.39 is 6.43 Å². The number of rotatable bonds is 4. The summed E-state index contributed by atoms with van der Waals surface area (Å²) in [5, 5.41) is 3.76. The first-order valence-corrected chi connectivity index (χ1v) is 4.94. The number of nitrogens with zero attached hydrogens (tertiary/aromatic N) is 2. The molecule has 0 bridgehead atoms. The molecule has 0 saturated heterocycles. The third kappa shape index (κ3) is 2.22. The molecule has 0 atom stereocenters. The molecular formula is C10H12F2N2O. The standard InChI is InChI=1S/C10H12F2N2O/c1-6(15)9-4-8(10(11)12)13-14(9)5-7-2-3-7/h4,7,10H,2-3,5H2,1H3. The van der Waals surface area contributed by atoms with Crippen molar-refractivity contribution in [1.82, 2.24) is 9.78 Å². The minimum atomic E-state index is -2.61. The van der Waals surface area contributed by atoms with Gasteiger partial charge in [-0.25, -0.2) is 8.78 Å². The van der Waals surface area contributed by atoms with Crippen LogP contribution in [0, 0.1) is 5.92 Å². The van der Waals surface area contributed by atoms with E-state index >= 15 is 0 Å². The lowest BCUT2D eigenvalue weighted by Gasteiger charge is -2.02. The lowest BCUT2D eigenvalue weighted by molar-refractivity contribution is 0.100. The molecule has 0 amide bonds. The number of carbonyl (C=O) groups is 1. The zero-order valence-corrected chi connectivity index (χ0v) is 8.41. The lowest BCUT2D eigenvalue weighted by Crippen LogP contribution is -2.09. The molecule has 0 aliphatic heterocycles. The number of carbonyl (C=O) groups excluding carboxylic acids is 1. The maximum absolute atomic E-state index is 12.4. The molecule has 5 heteroatoms. The van der Waals surface area contributed by atoms with E-state index in [9.17, 15) is 13.6 Å². The number of alkyl halides is 2. The second-order valence-corrected chi connectivity index (χ2v) is 3.94. The van der Waals surface area contributed by atoms with Gasteiger partial charge >= 0.3 is 0 Å². The van der Waals surface area contributed by atoms with Gasteiger partial charge in [0.1, 0.15) is 11.4 Å². The quantitative estimate of drug-likeness (QED) is 0.721. The maximum atomic E-state index is 12.4. The molecule has 3 nitrogen and oxygen atoms in total. The molecule has 2 rings (SSSR count). The van der Waals surface area contributed by atoms with Gasteiger partial charge in [-0.05, 0) is 24.8 Å². The van der Waals surface area contributed by atoms with Crippen molar-refractivity contribution < 1.29 is 13.6 Å². The Hall–Kier alpha value is -1.26. The monoisotopic (exact) mass is 214 g/mol. The van der Waals surface area contributed by atoms with Crippen molar-refractivity contribution in [3.05, 3.63) is 17.5 Å². The highest BCUT2D eigenvalue weighted by Crippen LogP contribution is 2.31. The highest BCUT2D eigenvalue weighted by atomic mass is 19.3. The van der Waals surface area contributed by atoms with Gasteiger partial charge in [-0.2, -0.15) is 5.10 Å². The predicted octanol–water partition coefficient (Wildman–Crippen LogP) is 2.43. The maximum Gasteiger partial charge on any atom is 0.282 e. The Morgan fingerprint density at radius 1 is 1.67 bits per heavy atom. The first-order chi connectivity index (χ1) is 7.08. The zero-order valence-electron chi connectivity index (χ0n) is 8.41. The molecule has 1 aromatic rings. The number of Topliss-reactive ketones (excluding diaryl/α,β-unsaturated/α-hetero) is 1. The van der Waals surface area contributed by atoms with Gasteiger partial charge in [-0.1, -0.05) is 0 Å². The fourth-order valence-electron chi connectivity index (χ4n) is 1.51. The average molecular weight is 214 g/mol. The van der Waals surface area contributed by atoms with Gasteiger partial charge in [0.15, 0.2) is 5.78 Å². The van der Waals surface area contributed by atoms with Crippen LogP contribution in [0.3, 0.4) is 0 Å². The van der Waals surface area contributed by atoms with Crippen LogP contribution in [-0.4, -0.2) is 15.6 Å². The van der Waals surface area contributed by atoms with Gasteiger partial charge in [-0.3, -0.25) is 9.48 Å². The molecule has 1 aliphatic rings. The molecule has 0 aromatic carbocycles. The van der Waals surface area contributed by atoms with Crippen molar-refractivity contribution in [1.29, 1.82) is 0 Å². The molecule has 82 valence electrons. The van der Waals surface area contributed by atoms with Gasteiger partial charge in [0.25, 0.3) is 6.43 Å². The Labute approximate surface area is 86.1 Å². The summed E-state index contributed by atoms with van der Waals surface area (Å²) in [7, 11) is 0. The SMILES string of the molecule is CC(=O)c1cc(C(F)F)nn1CC1CC1. The van der Waals surface area contributed by atoms with Crippen LogP contribution in [0.25, 0.3) is 0 Å². The van der Waals surface area contributed by atoms with E-state index in [0.717, 1.165) is 12.8 Å². The summed E-state index contributed by atoms with van der Waals surface area (Å²) in [5.74, 6) is 0.295. The fraction of sp³-hybridized carbons (Fsp3) is 0.600. The average Bonchev–Trinajstić information content (AvgIpc) is 2.82. The van der Waals surface area contributed by atoms with Gasteiger partial charge in [0, 0.05) is 13.5 Å². The number of halogens is 2. The Morgan fingerprint density at radius 3 is 2.80 bits per heavy atom. The topological polar surface area (TPSA) is 34.9 Å². The van der Waals surface area contributed by atoms with Crippen molar-refractivity contribution in [2.45, 2.75) is 32.7 Å². The molecule has 0 radical (unpaired) electrons. The third-order valence-corrected chi connectivity index (χ3v) is 2.51. The Kier molecular flexibility index (Phi) is 2.54. The molecular weight excluding hydrogens is 202 g/mol. The van der Waals surface area contributed by atoms with Crippen LogP contribution < -0.4 is 0 Å². The minimum Gasteiger partial charge on any atom is -0.293 e. The highest BCUT2D eigenvalue weighted by Gasteiger charge is 2.25. The van der Waals surface area contributed by atoms with Crippen molar-refractivity contribution >= 4 is 5.78 Å². The van der Waals surface area contributed by atoms with E-state index in [2.05, 4.69) is 5.10 Å². The van der Waals surface area contributed by atoms with Crippen molar-refractivity contribution in [2.24, 2.45) is 5.92 Å².